The van der Waals surface area contributed by atoms with E-state index in [1.165, 1.54) is 31.7 Å². The van der Waals surface area contributed by atoms with Crippen LogP contribution in [-0.2, 0) is 0 Å². The molecule has 0 unspecified atom stereocenters. The van der Waals surface area contributed by atoms with Crippen molar-refractivity contribution in [3.8, 4) is 0 Å². The molecule has 3 rings (SSSR count). The molecule has 21 heavy (non-hydrogen) atoms. The summed E-state index contributed by atoms with van der Waals surface area (Å²) in [6.07, 6.45) is 2.78. The van der Waals surface area contributed by atoms with Gasteiger partial charge < -0.3 is 10.6 Å². The highest BCUT2D eigenvalue weighted by molar-refractivity contribution is 5.60. The molecule has 1 aromatic carbocycles. The molecule has 0 spiro atoms. The molecule has 0 amide bonds. The number of nitrogens with two attached hydrogens (primary N) is 1. The molecule has 0 atom stereocenters. The van der Waals surface area contributed by atoms with Gasteiger partial charge in [0.2, 0.25) is 0 Å². The molecule has 3 nitrogen and oxygen atoms in total. The molecule has 1 aliphatic carbocycles. The van der Waals surface area contributed by atoms with Gasteiger partial charge in [-0.2, -0.15) is 0 Å². The van der Waals surface area contributed by atoms with Crippen molar-refractivity contribution >= 4 is 11.4 Å². The summed E-state index contributed by atoms with van der Waals surface area (Å²) in [5.74, 6) is 0. The molecule has 1 saturated carbocycles. The first-order valence-corrected chi connectivity index (χ1v) is 7.82. The maximum atomic E-state index is 13.2. The van der Waals surface area contributed by atoms with Crippen molar-refractivity contribution < 1.29 is 8.78 Å². The van der Waals surface area contributed by atoms with E-state index in [0.29, 0.717) is 17.4 Å². The van der Waals surface area contributed by atoms with Crippen LogP contribution in [0.5, 0.6) is 0 Å². The molecule has 1 aromatic rings. The van der Waals surface area contributed by atoms with Crippen molar-refractivity contribution in [3.63, 3.8) is 0 Å². The van der Waals surface area contributed by atoms with Crippen LogP contribution >= 0.6 is 0 Å². The minimum Gasteiger partial charge on any atom is -0.399 e. The van der Waals surface area contributed by atoms with Crippen molar-refractivity contribution in [1.82, 2.24) is 4.90 Å². The van der Waals surface area contributed by atoms with Gasteiger partial charge >= 0.3 is 0 Å². The molecule has 2 aliphatic rings. The topological polar surface area (TPSA) is 32.5 Å². The number of rotatable bonds is 3. The van der Waals surface area contributed by atoms with Gasteiger partial charge in [0, 0.05) is 49.2 Å². The maximum Gasteiger partial charge on any atom is 0.265 e. The molecule has 116 valence electrons. The van der Waals surface area contributed by atoms with Gasteiger partial charge in [-0.3, -0.25) is 4.90 Å². The van der Waals surface area contributed by atoms with Gasteiger partial charge in [0.1, 0.15) is 0 Å². The van der Waals surface area contributed by atoms with E-state index in [0.717, 1.165) is 26.2 Å². The van der Waals surface area contributed by atoms with Crippen LogP contribution in [0.4, 0.5) is 20.2 Å². The van der Waals surface area contributed by atoms with E-state index in [2.05, 4.69) is 9.80 Å². The number of nitrogen functional groups attached to an aromatic ring is 1. The number of nitrogens with zero attached hydrogens (tertiary/aromatic N) is 2. The van der Waals surface area contributed by atoms with Gasteiger partial charge in [0.25, 0.3) is 6.43 Å². The lowest BCUT2D eigenvalue weighted by Crippen LogP contribution is -2.50. The predicted octanol–water partition coefficient (Wildman–Crippen LogP) is 3.27. The van der Waals surface area contributed by atoms with Gasteiger partial charge in [-0.05, 0) is 31.0 Å². The first-order chi connectivity index (χ1) is 10.1. The van der Waals surface area contributed by atoms with E-state index in [-0.39, 0.29) is 5.56 Å². The largest absolute Gasteiger partial charge is 0.399 e. The quantitative estimate of drug-likeness (QED) is 0.869. The van der Waals surface area contributed by atoms with Gasteiger partial charge in [-0.15, -0.1) is 0 Å². The molecule has 2 fully saturated rings. The molecule has 0 bridgehead atoms. The third-order valence-corrected chi connectivity index (χ3v) is 4.78. The van der Waals surface area contributed by atoms with Gasteiger partial charge in [0.15, 0.2) is 0 Å². The Balaban J connectivity index is 1.69. The zero-order valence-corrected chi connectivity index (χ0v) is 12.3. The summed E-state index contributed by atoms with van der Waals surface area (Å²) in [4.78, 5) is 4.61. The minimum atomic E-state index is -2.48. The lowest BCUT2D eigenvalue weighted by molar-refractivity contribution is 0.151. The zero-order valence-electron chi connectivity index (χ0n) is 12.3. The van der Waals surface area contributed by atoms with E-state index < -0.39 is 6.43 Å². The third kappa shape index (κ3) is 3.12. The summed E-state index contributed by atoms with van der Waals surface area (Å²) in [6, 6.07) is 5.57. The fourth-order valence-corrected chi connectivity index (χ4v) is 3.63. The second kappa shape index (κ2) is 6.18. The second-order valence-electron chi connectivity index (χ2n) is 6.08. The Morgan fingerprint density at radius 1 is 1.05 bits per heavy atom. The number of alkyl halides is 2. The lowest BCUT2D eigenvalue weighted by Gasteiger charge is -2.39. The second-order valence-corrected chi connectivity index (χ2v) is 6.08. The summed E-state index contributed by atoms with van der Waals surface area (Å²) < 4.78 is 26.4. The number of benzene rings is 1. The number of anilines is 2. The molecule has 0 radical (unpaired) electrons. The van der Waals surface area contributed by atoms with E-state index in [9.17, 15) is 8.78 Å². The molecule has 1 saturated heterocycles. The average molecular weight is 295 g/mol. The van der Waals surface area contributed by atoms with Gasteiger partial charge in [-0.25, -0.2) is 8.78 Å². The van der Waals surface area contributed by atoms with Crippen LogP contribution in [0, 0.1) is 0 Å². The van der Waals surface area contributed by atoms with Crippen LogP contribution in [0.2, 0.25) is 0 Å². The molecule has 0 aromatic heterocycles. The first-order valence-electron chi connectivity index (χ1n) is 7.82. The molecule has 5 heteroatoms. The van der Waals surface area contributed by atoms with Gasteiger partial charge in [-0.1, -0.05) is 12.8 Å². The molecular weight excluding hydrogens is 272 g/mol. The normalized spacial score (nSPS) is 21.4. The summed E-state index contributed by atoms with van der Waals surface area (Å²) in [5.41, 5.74) is 6.74. The molecular formula is C16H23F2N3. The predicted molar refractivity (Wildman–Crippen MR) is 81.9 cm³/mol. The van der Waals surface area contributed by atoms with E-state index in [4.69, 9.17) is 5.73 Å². The highest BCUT2D eigenvalue weighted by Gasteiger charge is 2.27. The van der Waals surface area contributed by atoms with Crippen LogP contribution in [0.25, 0.3) is 0 Å². The Kier molecular flexibility index (Phi) is 4.29. The summed E-state index contributed by atoms with van der Waals surface area (Å²) >= 11 is 0. The van der Waals surface area contributed by atoms with Crippen LogP contribution in [0.15, 0.2) is 18.2 Å². The van der Waals surface area contributed by atoms with Crippen LogP contribution in [0.3, 0.4) is 0 Å². The zero-order chi connectivity index (χ0) is 14.8. The van der Waals surface area contributed by atoms with E-state index in [1.807, 2.05) is 0 Å². The molecule has 1 aliphatic heterocycles. The van der Waals surface area contributed by atoms with Crippen molar-refractivity contribution in [3.05, 3.63) is 23.8 Å². The molecule has 1 heterocycles. The fraction of sp³-hybridized carbons (Fsp3) is 0.625. The molecule has 2 N–H and O–H groups in total. The standard InChI is InChI=1S/C16H23F2N3/c17-16(18)14-11-12(19)5-6-15(14)21-9-7-20(8-10-21)13-3-1-2-4-13/h5-6,11,13,16H,1-4,7-10,19H2. The Labute approximate surface area is 124 Å². The summed E-state index contributed by atoms with van der Waals surface area (Å²) in [7, 11) is 0. The number of halogens is 2. The highest BCUT2D eigenvalue weighted by atomic mass is 19.3. The monoisotopic (exact) mass is 295 g/mol. The Hall–Kier alpha value is -1.36. The SMILES string of the molecule is Nc1ccc(N2CCN(C3CCCC3)CC2)c(C(F)F)c1. The van der Waals surface area contributed by atoms with E-state index in [1.54, 1.807) is 12.1 Å². The highest BCUT2D eigenvalue weighted by Crippen LogP contribution is 2.33. The van der Waals surface area contributed by atoms with Crippen LogP contribution in [0.1, 0.15) is 37.7 Å². The summed E-state index contributed by atoms with van der Waals surface area (Å²) in [6.45, 7) is 3.58. The Bertz CT molecular complexity index is 478. The van der Waals surface area contributed by atoms with Crippen molar-refractivity contribution in [1.29, 1.82) is 0 Å². The number of piperazine rings is 1. The maximum absolute atomic E-state index is 13.2. The van der Waals surface area contributed by atoms with Crippen molar-refractivity contribution in [2.45, 2.75) is 38.2 Å². The average Bonchev–Trinajstić information content (AvgIpc) is 3.01. The number of hydrogen-bond acceptors (Lipinski definition) is 3. The lowest BCUT2D eigenvalue weighted by atomic mass is 10.1. The third-order valence-electron chi connectivity index (χ3n) is 4.78. The minimum absolute atomic E-state index is 0.0596. The Morgan fingerprint density at radius 2 is 1.71 bits per heavy atom. The fourth-order valence-electron chi connectivity index (χ4n) is 3.63. The van der Waals surface area contributed by atoms with Gasteiger partial charge in [0.05, 0.1) is 0 Å². The van der Waals surface area contributed by atoms with Crippen molar-refractivity contribution in [2.24, 2.45) is 0 Å². The van der Waals surface area contributed by atoms with Crippen LogP contribution < -0.4 is 10.6 Å². The first kappa shape index (κ1) is 14.6. The number of hydrogen-bond donors (Lipinski definition) is 1. The van der Waals surface area contributed by atoms with Crippen molar-refractivity contribution in [2.75, 3.05) is 36.8 Å². The van der Waals surface area contributed by atoms with E-state index >= 15 is 0 Å². The smallest absolute Gasteiger partial charge is 0.265 e. The Morgan fingerprint density at radius 3 is 2.33 bits per heavy atom. The van der Waals surface area contributed by atoms with Crippen LogP contribution in [-0.4, -0.2) is 37.1 Å². The summed E-state index contributed by atoms with van der Waals surface area (Å²) in [5, 5.41) is 0.